The number of hydrogen-bond donors (Lipinski definition) is 3. The highest BCUT2D eigenvalue weighted by Gasteiger charge is 2.45. The highest BCUT2D eigenvalue weighted by atomic mass is 16.6. The molecule has 2 amide bonds. The maximum atomic E-state index is 14.2. The molecule has 3 aromatic rings. The van der Waals surface area contributed by atoms with Crippen molar-refractivity contribution in [2.75, 3.05) is 24.7 Å². The lowest BCUT2D eigenvalue weighted by molar-refractivity contribution is -0.138. The first-order valence-corrected chi connectivity index (χ1v) is 15.5. The van der Waals surface area contributed by atoms with Crippen LogP contribution in [0.3, 0.4) is 0 Å². The Bertz CT molecular complexity index is 1470. The first kappa shape index (κ1) is 33.7. The summed E-state index contributed by atoms with van der Waals surface area (Å²) in [5, 5.41) is 13.8. The van der Waals surface area contributed by atoms with Gasteiger partial charge in [-0.3, -0.25) is 14.5 Å². The van der Waals surface area contributed by atoms with Crippen LogP contribution in [0.5, 0.6) is 5.75 Å². The maximum absolute atomic E-state index is 14.2. The summed E-state index contributed by atoms with van der Waals surface area (Å²) in [6.07, 6.45) is 3.37. The zero-order valence-corrected chi connectivity index (χ0v) is 26.7. The molecule has 0 saturated carbocycles. The fourth-order valence-electron chi connectivity index (χ4n) is 5.80. The van der Waals surface area contributed by atoms with Crippen molar-refractivity contribution in [2.24, 2.45) is 5.73 Å². The van der Waals surface area contributed by atoms with Crippen LogP contribution in [0.1, 0.15) is 61.8 Å². The number of anilines is 1. The quantitative estimate of drug-likeness (QED) is 0.202. The maximum Gasteiger partial charge on any atom is 0.414 e. The number of nitrogens with one attached hydrogen (secondary N) is 1. The molecule has 0 bridgehead atoms. The summed E-state index contributed by atoms with van der Waals surface area (Å²) in [5.74, 6) is -0.598. The molecule has 240 valence electrons. The van der Waals surface area contributed by atoms with Gasteiger partial charge in [-0.2, -0.15) is 0 Å². The summed E-state index contributed by atoms with van der Waals surface area (Å²) in [5.41, 5.74) is 7.89. The number of amides is 2. The predicted octanol–water partition coefficient (Wildman–Crippen LogP) is 5.12. The van der Waals surface area contributed by atoms with Crippen molar-refractivity contribution in [3.8, 4) is 5.75 Å². The molecule has 1 saturated heterocycles. The monoisotopic (exact) mass is 615 g/mol. The number of rotatable bonds is 15. The molecule has 4 N–H and O–H groups in total. The predicted molar refractivity (Wildman–Crippen MR) is 174 cm³/mol. The molecule has 0 spiro atoms. The second kappa shape index (κ2) is 14.7. The number of carbonyl (C=O) groups is 3. The first-order chi connectivity index (χ1) is 21.4. The third kappa shape index (κ3) is 8.29. The van der Waals surface area contributed by atoms with Gasteiger partial charge in [0.1, 0.15) is 23.9 Å². The second-order valence-corrected chi connectivity index (χ2v) is 12.3. The van der Waals surface area contributed by atoms with Gasteiger partial charge in [0.2, 0.25) is 0 Å². The number of nitrogens with zero attached hydrogens (tertiary/aromatic N) is 1. The zero-order chi connectivity index (χ0) is 32.6. The third-order valence-electron chi connectivity index (χ3n) is 8.36. The number of ether oxygens (including phenoxy) is 2. The van der Waals surface area contributed by atoms with E-state index >= 15 is 0 Å². The van der Waals surface area contributed by atoms with Crippen LogP contribution in [0.2, 0.25) is 0 Å². The van der Waals surface area contributed by atoms with E-state index in [1.165, 1.54) is 24.3 Å². The Morgan fingerprint density at radius 2 is 1.67 bits per heavy atom. The molecular formula is C36H45N3O6. The number of benzene rings is 3. The third-order valence-corrected chi connectivity index (χ3v) is 8.36. The van der Waals surface area contributed by atoms with Crippen LogP contribution in [0.15, 0.2) is 72.8 Å². The van der Waals surface area contributed by atoms with Crippen molar-refractivity contribution < 1.29 is 29.0 Å². The van der Waals surface area contributed by atoms with Crippen LogP contribution >= 0.6 is 0 Å². The Morgan fingerprint density at radius 1 is 1.00 bits per heavy atom. The Labute approximate surface area is 265 Å². The van der Waals surface area contributed by atoms with Gasteiger partial charge < -0.3 is 25.6 Å². The molecule has 0 radical (unpaired) electrons. The minimum absolute atomic E-state index is 0.302. The van der Waals surface area contributed by atoms with Gasteiger partial charge in [0.25, 0.3) is 5.91 Å². The van der Waals surface area contributed by atoms with E-state index in [0.29, 0.717) is 48.6 Å². The largest absolute Gasteiger partial charge is 0.483 e. The van der Waals surface area contributed by atoms with E-state index in [0.717, 1.165) is 24.8 Å². The van der Waals surface area contributed by atoms with Crippen molar-refractivity contribution in [3.05, 3.63) is 95.1 Å². The van der Waals surface area contributed by atoms with Crippen LogP contribution in [0.4, 0.5) is 10.5 Å². The molecule has 0 aromatic heterocycles. The summed E-state index contributed by atoms with van der Waals surface area (Å²) >= 11 is 0. The van der Waals surface area contributed by atoms with Crippen molar-refractivity contribution in [2.45, 2.75) is 77.0 Å². The van der Waals surface area contributed by atoms with Crippen LogP contribution < -0.4 is 20.7 Å². The number of nitrogens with two attached hydrogens (primary N) is 1. The SMILES string of the molecule is Cc1ccc(N2CCOC2=O)c(C)c1OCC(=O)N[C@H](C(=O)C(N)(CCCCCc1ccccc1)c1ccccc1)C(C)(C)O. The Balaban J connectivity index is 1.47. The van der Waals surface area contributed by atoms with Crippen molar-refractivity contribution in [1.82, 2.24) is 5.32 Å². The summed E-state index contributed by atoms with van der Waals surface area (Å²) in [7, 11) is 0. The molecule has 2 atom stereocenters. The van der Waals surface area contributed by atoms with Crippen molar-refractivity contribution in [3.63, 3.8) is 0 Å². The minimum Gasteiger partial charge on any atom is -0.483 e. The first-order valence-electron chi connectivity index (χ1n) is 15.5. The lowest BCUT2D eigenvalue weighted by Gasteiger charge is -2.37. The second-order valence-electron chi connectivity index (χ2n) is 12.3. The summed E-state index contributed by atoms with van der Waals surface area (Å²) in [6.45, 7) is 6.94. The highest BCUT2D eigenvalue weighted by Crippen LogP contribution is 2.34. The van der Waals surface area contributed by atoms with Gasteiger partial charge in [-0.05, 0) is 69.7 Å². The fourth-order valence-corrected chi connectivity index (χ4v) is 5.80. The number of cyclic esters (lactones) is 1. The van der Waals surface area contributed by atoms with Gasteiger partial charge in [0, 0.05) is 5.56 Å². The smallest absolute Gasteiger partial charge is 0.414 e. The number of aliphatic hydroxyl groups is 1. The average Bonchev–Trinajstić information content (AvgIpc) is 3.44. The van der Waals surface area contributed by atoms with Crippen LogP contribution in [-0.4, -0.2) is 54.3 Å². The number of unbranched alkanes of at least 4 members (excludes halogenated alkanes) is 2. The van der Waals surface area contributed by atoms with E-state index in [1.807, 2.05) is 74.5 Å². The van der Waals surface area contributed by atoms with Gasteiger partial charge >= 0.3 is 6.09 Å². The zero-order valence-electron chi connectivity index (χ0n) is 26.7. The van der Waals surface area contributed by atoms with Crippen LogP contribution in [0.25, 0.3) is 0 Å². The fraction of sp³-hybridized carbons (Fsp3) is 0.417. The molecule has 4 rings (SSSR count). The van der Waals surface area contributed by atoms with E-state index in [2.05, 4.69) is 17.4 Å². The molecule has 0 aliphatic carbocycles. The number of aryl methyl sites for hydroxylation is 2. The molecule has 3 aromatic carbocycles. The molecule has 9 nitrogen and oxygen atoms in total. The van der Waals surface area contributed by atoms with E-state index in [9.17, 15) is 19.5 Å². The number of hydrogen-bond acceptors (Lipinski definition) is 7. The standard InChI is InChI=1S/C36H45N3O6/c1-25-19-20-29(39-22-23-44-34(39)42)26(2)31(25)45-24-30(40)38-32(35(3,4)43)33(41)36(37,28-17-11-6-12-18-28)21-13-7-10-16-27-14-8-5-9-15-27/h5-6,8-9,11-12,14-15,17-20,32,43H,7,10,13,16,21-24,37H2,1-4H3,(H,38,40)/t32-,36?/m1/s1. The molecule has 1 aliphatic heterocycles. The van der Waals surface area contributed by atoms with E-state index in [-0.39, 0.29) is 0 Å². The van der Waals surface area contributed by atoms with Crippen molar-refractivity contribution in [1.29, 1.82) is 0 Å². The Morgan fingerprint density at radius 3 is 2.29 bits per heavy atom. The molecule has 1 aliphatic rings. The average molecular weight is 616 g/mol. The Hall–Kier alpha value is -4.21. The van der Waals surface area contributed by atoms with Crippen molar-refractivity contribution >= 4 is 23.5 Å². The topological polar surface area (TPSA) is 131 Å². The van der Waals surface area contributed by atoms with E-state index in [4.69, 9.17) is 15.2 Å². The van der Waals surface area contributed by atoms with Crippen LogP contribution in [-0.2, 0) is 26.3 Å². The minimum atomic E-state index is -1.61. The van der Waals surface area contributed by atoms with Gasteiger partial charge in [-0.15, -0.1) is 0 Å². The molecule has 9 heteroatoms. The number of ketones is 1. The van der Waals surface area contributed by atoms with E-state index in [1.54, 1.807) is 0 Å². The molecule has 1 fully saturated rings. The Kier molecular flexibility index (Phi) is 11.0. The van der Waals surface area contributed by atoms with Gasteiger partial charge in [0.15, 0.2) is 12.4 Å². The molecule has 45 heavy (non-hydrogen) atoms. The van der Waals surface area contributed by atoms with E-state index < -0.39 is 41.6 Å². The normalized spacial score (nSPS) is 15.2. The van der Waals surface area contributed by atoms with Gasteiger partial charge in [0.05, 0.1) is 17.8 Å². The molecule has 1 heterocycles. The lowest BCUT2D eigenvalue weighted by atomic mass is 9.76. The summed E-state index contributed by atoms with van der Waals surface area (Å²) < 4.78 is 11.0. The number of Topliss-reactive ketones (excluding diaryl/α,β-unsaturated/α-hetero) is 1. The van der Waals surface area contributed by atoms with Gasteiger partial charge in [-0.25, -0.2) is 4.79 Å². The highest BCUT2D eigenvalue weighted by molar-refractivity contribution is 5.97. The van der Waals surface area contributed by atoms with Crippen LogP contribution in [0, 0.1) is 13.8 Å². The molecular weight excluding hydrogens is 570 g/mol. The lowest BCUT2D eigenvalue weighted by Crippen LogP contribution is -2.62. The summed E-state index contributed by atoms with van der Waals surface area (Å²) in [6, 6.07) is 21.7. The number of carbonyl (C=O) groups excluding carboxylic acids is 3. The molecule has 1 unspecified atom stereocenters. The summed E-state index contributed by atoms with van der Waals surface area (Å²) in [4.78, 5) is 41.2. The van der Waals surface area contributed by atoms with Gasteiger partial charge in [-0.1, -0.05) is 79.6 Å².